The molecule has 1 unspecified atom stereocenters. The number of hydrogen-bond acceptors (Lipinski definition) is 4. The first-order chi connectivity index (χ1) is 7.17. The molecule has 0 spiro atoms. The predicted octanol–water partition coefficient (Wildman–Crippen LogP) is 2.40. The molecule has 1 rings (SSSR count). The van der Waals surface area contributed by atoms with Crippen LogP contribution in [0.2, 0.25) is 0 Å². The monoisotopic (exact) mass is 227 g/mol. The average Bonchev–Trinajstić information content (AvgIpc) is 2.21. The maximum atomic E-state index is 5.68. The minimum absolute atomic E-state index is 0.396. The van der Waals surface area contributed by atoms with E-state index in [1.807, 2.05) is 18.2 Å². The Morgan fingerprint density at radius 3 is 2.73 bits per heavy atom. The van der Waals surface area contributed by atoms with E-state index >= 15 is 0 Å². The van der Waals surface area contributed by atoms with Crippen LogP contribution in [0.4, 0.5) is 5.69 Å². The SMILES string of the molecule is COCC(C)Sc1ccc(N)cc1OC. The standard InChI is InChI=1S/C11H17NO2S/c1-8(7-13-2)15-11-5-4-9(12)6-10(11)14-3/h4-6,8H,7,12H2,1-3H3. The first kappa shape index (κ1) is 12.2. The normalized spacial score (nSPS) is 12.5. The summed E-state index contributed by atoms with van der Waals surface area (Å²) in [5, 5.41) is 0.396. The van der Waals surface area contributed by atoms with Crippen LogP contribution in [0.15, 0.2) is 23.1 Å². The van der Waals surface area contributed by atoms with Gasteiger partial charge in [-0.3, -0.25) is 0 Å². The molecule has 1 aromatic rings. The third kappa shape index (κ3) is 3.64. The number of hydrogen-bond donors (Lipinski definition) is 1. The van der Waals surface area contributed by atoms with Crippen LogP contribution in [0.3, 0.4) is 0 Å². The van der Waals surface area contributed by atoms with Crippen LogP contribution in [-0.2, 0) is 4.74 Å². The number of rotatable bonds is 5. The van der Waals surface area contributed by atoms with E-state index in [1.54, 1.807) is 26.0 Å². The van der Waals surface area contributed by atoms with E-state index in [0.29, 0.717) is 5.25 Å². The lowest BCUT2D eigenvalue weighted by molar-refractivity contribution is 0.203. The Kier molecular flexibility index (Phi) is 4.78. The van der Waals surface area contributed by atoms with Crippen LogP contribution in [0.1, 0.15) is 6.92 Å². The quantitative estimate of drug-likeness (QED) is 0.619. The minimum atomic E-state index is 0.396. The number of nitrogens with two attached hydrogens (primary N) is 1. The minimum Gasteiger partial charge on any atom is -0.496 e. The van der Waals surface area contributed by atoms with Crippen LogP contribution in [-0.4, -0.2) is 26.1 Å². The molecular formula is C11H17NO2S. The fourth-order valence-corrected chi connectivity index (χ4v) is 2.31. The van der Waals surface area contributed by atoms with Crippen molar-refractivity contribution < 1.29 is 9.47 Å². The molecule has 84 valence electrons. The molecule has 2 N–H and O–H groups in total. The molecule has 15 heavy (non-hydrogen) atoms. The molecule has 0 aliphatic carbocycles. The van der Waals surface area contributed by atoms with Crippen molar-refractivity contribution in [3.05, 3.63) is 18.2 Å². The summed E-state index contributed by atoms with van der Waals surface area (Å²) >= 11 is 1.72. The molecule has 4 heteroatoms. The van der Waals surface area contributed by atoms with Gasteiger partial charge >= 0.3 is 0 Å². The van der Waals surface area contributed by atoms with Crippen molar-refractivity contribution >= 4 is 17.4 Å². The average molecular weight is 227 g/mol. The highest BCUT2D eigenvalue weighted by atomic mass is 32.2. The van der Waals surface area contributed by atoms with E-state index in [4.69, 9.17) is 15.2 Å². The molecule has 0 aromatic heterocycles. The maximum Gasteiger partial charge on any atom is 0.134 e. The van der Waals surface area contributed by atoms with Gasteiger partial charge in [0.25, 0.3) is 0 Å². The van der Waals surface area contributed by atoms with Gasteiger partial charge in [0.05, 0.1) is 13.7 Å². The van der Waals surface area contributed by atoms with Crippen LogP contribution < -0.4 is 10.5 Å². The highest BCUT2D eigenvalue weighted by molar-refractivity contribution is 8.00. The van der Waals surface area contributed by atoms with Gasteiger partial charge in [-0.2, -0.15) is 0 Å². The molecule has 3 nitrogen and oxygen atoms in total. The number of thioether (sulfide) groups is 1. The lowest BCUT2D eigenvalue weighted by Gasteiger charge is -2.13. The predicted molar refractivity (Wildman–Crippen MR) is 64.6 cm³/mol. The third-order valence-corrected chi connectivity index (χ3v) is 3.05. The van der Waals surface area contributed by atoms with E-state index in [-0.39, 0.29) is 0 Å². The lowest BCUT2D eigenvalue weighted by atomic mass is 10.3. The summed E-state index contributed by atoms with van der Waals surface area (Å²) in [6.07, 6.45) is 0. The van der Waals surface area contributed by atoms with Gasteiger partial charge in [-0.1, -0.05) is 6.92 Å². The first-order valence-electron chi connectivity index (χ1n) is 4.76. The summed E-state index contributed by atoms with van der Waals surface area (Å²) in [5.41, 5.74) is 6.40. The molecule has 0 radical (unpaired) electrons. The Bertz CT molecular complexity index is 317. The first-order valence-corrected chi connectivity index (χ1v) is 5.64. The highest BCUT2D eigenvalue weighted by Gasteiger charge is 2.09. The van der Waals surface area contributed by atoms with Crippen LogP contribution in [0.5, 0.6) is 5.75 Å². The van der Waals surface area contributed by atoms with E-state index in [2.05, 4.69) is 6.92 Å². The zero-order chi connectivity index (χ0) is 11.3. The number of methoxy groups -OCH3 is 2. The van der Waals surface area contributed by atoms with Gasteiger partial charge in [-0.25, -0.2) is 0 Å². The lowest BCUT2D eigenvalue weighted by Crippen LogP contribution is -2.05. The molecular weight excluding hydrogens is 210 g/mol. The van der Waals surface area contributed by atoms with Crippen molar-refractivity contribution in [2.75, 3.05) is 26.6 Å². The van der Waals surface area contributed by atoms with Gasteiger partial charge in [0.1, 0.15) is 5.75 Å². The second-order valence-corrected chi connectivity index (χ2v) is 4.77. The zero-order valence-corrected chi connectivity index (χ0v) is 10.1. The number of benzene rings is 1. The Morgan fingerprint density at radius 1 is 1.40 bits per heavy atom. The molecule has 0 saturated carbocycles. The molecule has 0 heterocycles. The molecule has 1 aromatic carbocycles. The molecule has 0 aliphatic heterocycles. The Balaban J connectivity index is 2.75. The summed E-state index contributed by atoms with van der Waals surface area (Å²) in [5.74, 6) is 0.822. The fraction of sp³-hybridized carbons (Fsp3) is 0.455. The Morgan fingerprint density at radius 2 is 2.13 bits per heavy atom. The van der Waals surface area contributed by atoms with E-state index < -0.39 is 0 Å². The highest BCUT2D eigenvalue weighted by Crippen LogP contribution is 2.33. The number of nitrogen functional groups attached to an aromatic ring is 1. The van der Waals surface area contributed by atoms with Gasteiger partial charge in [0.2, 0.25) is 0 Å². The summed E-state index contributed by atoms with van der Waals surface area (Å²) in [4.78, 5) is 1.09. The van der Waals surface area contributed by atoms with E-state index in [0.717, 1.165) is 22.9 Å². The van der Waals surface area contributed by atoms with Crippen LogP contribution in [0, 0.1) is 0 Å². The number of anilines is 1. The smallest absolute Gasteiger partial charge is 0.134 e. The van der Waals surface area contributed by atoms with Crippen molar-refractivity contribution in [3.8, 4) is 5.75 Å². The summed E-state index contributed by atoms with van der Waals surface area (Å²) in [7, 11) is 3.36. The molecule has 1 atom stereocenters. The van der Waals surface area contributed by atoms with Crippen molar-refractivity contribution in [1.29, 1.82) is 0 Å². The zero-order valence-electron chi connectivity index (χ0n) is 9.32. The number of ether oxygens (including phenoxy) is 2. The van der Waals surface area contributed by atoms with Gasteiger partial charge in [0.15, 0.2) is 0 Å². The van der Waals surface area contributed by atoms with E-state index in [9.17, 15) is 0 Å². The van der Waals surface area contributed by atoms with Crippen molar-refractivity contribution in [1.82, 2.24) is 0 Å². The second kappa shape index (κ2) is 5.88. The van der Waals surface area contributed by atoms with Gasteiger partial charge < -0.3 is 15.2 Å². The van der Waals surface area contributed by atoms with Crippen LogP contribution in [0.25, 0.3) is 0 Å². The molecule has 0 amide bonds. The topological polar surface area (TPSA) is 44.5 Å². The second-order valence-electron chi connectivity index (χ2n) is 3.29. The van der Waals surface area contributed by atoms with Gasteiger partial charge in [-0.05, 0) is 12.1 Å². The van der Waals surface area contributed by atoms with Gasteiger partial charge in [-0.15, -0.1) is 11.8 Å². The third-order valence-electron chi connectivity index (χ3n) is 1.92. The fourth-order valence-electron chi connectivity index (χ4n) is 1.27. The maximum absolute atomic E-state index is 5.68. The van der Waals surface area contributed by atoms with Crippen molar-refractivity contribution in [3.63, 3.8) is 0 Å². The summed E-state index contributed by atoms with van der Waals surface area (Å²) in [6, 6.07) is 5.69. The molecule has 0 fully saturated rings. The molecule has 0 saturated heterocycles. The van der Waals surface area contributed by atoms with Gasteiger partial charge in [0, 0.05) is 29.0 Å². The summed E-state index contributed by atoms with van der Waals surface area (Å²) in [6.45, 7) is 2.84. The largest absolute Gasteiger partial charge is 0.496 e. The Labute approximate surface area is 94.9 Å². The van der Waals surface area contributed by atoms with E-state index in [1.165, 1.54) is 0 Å². The summed E-state index contributed by atoms with van der Waals surface area (Å²) < 4.78 is 10.4. The van der Waals surface area contributed by atoms with Crippen molar-refractivity contribution in [2.24, 2.45) is 0 Å². The molecule has 0 aliphatic rings. The van der Waals surface area contributed by atoms with Crippen molar-refractivity contribution in [2.45, 2.75) is 17.1 Å². The Hall–Kier alpha value is -0.870. The van der Waals surface area contributed by atoms with Crippen LogP contribution >= 0.6 is 11.8 Å². The molecule has 0 bridgehead atoms.